The van der Waals surface area contributed by atoms with E-state index in [1.54, 1.807) is 18.5 Å². The Labute approximate surface area is 69.2 Å². The molecule has 0 aliphatic rings. The van der Waals surface area contributed by atoms with E-state index in [9.17, 15) is 0 Å². The predicted molar refractivity (Wildman–Crippen MR) is 43.1 cm³/mol. The lowest BCUT2D eigenvalue weighted by molar-refractivity contribution is 0.645. The maximum Gasteiger partial charge on any atom is 0.156 e. The third-order valence-corrected chi connectivity index (χ3v) is 1.38. The Kier molecular flexibility index (Phi) is 2.75. The molecule has 0 atom stereocenters. The van der Waals surface area contributed by atoms with Gasteiger partial charge in [0.15, 0.2) is 5.75 Å². The van der Waals surface area contributed by atoms with Crippen molar-refractivity contribution in [2.24, 2.45) is 0 Å². The lowest BCUT2D eigenvalue weighted by atomic mass is 10.3. The third-order valence-electron chi connectivity index (χ3n) is 1.02. The zero-order chi connectivity index (χ0) is 8.10. The maximum absolute atomic E-state index is 8.48. The first-order valence-corrected chi connectivity index (χ1v) is 4.07. The second kappa shape index (κ2) is 3.84. The summed E-state index contributed by atoms with van der Waals surface area (Å²) in [7, 11) is 0. The molecule has 3 nitrogen and oxygen atoms in total. The van der Waals surface area contributed by atoms with Crippen molar-refractivity contribution in [1.82, 2.24) is 4.98 Å². The van der Waals surface area contributed by atoms with Gasteiger partial charge in [-0.2, -0.15) is 5.26 Å². The summed E-state index contributed by atoms with van der Waals surface area (Å²) >= 11 is 1.22. The average molecular weight is 166 g/mol. The monoisotopic (exact) mass is 166 g/mol. The zero-order valence-corrected chi connectivity index (χ0v) is 6.76. The highest BCUT2D eigenvalue weighted by molar-refractivity contribution is 7.94. The van der Waals surface area contributed by atoms with Crippen LogP contribution in [-0.4, -0.2) is 11.2 Å². The molecular formula is C7H6N2OS. The molecule has 1 heterocycles. The van der Waals surface area contributed by atoms with E-state index < -0.39 is 0 Å². The normalized spacial score (nSPS) is 8.73. The summed E-state index contributed by atoms with van der Waals surface area (Å²) in [4.78, 5) is 3.81. The Morgan fingerprint density at radius 3 is 3.09 bits per heavy atom. The van der Waals surface area contributed by atoms with Crippen molar-refractivity contribution < 1.29 is 4.18 Å². The summed E-state index contributed by atoms with van der Waals surface area (Å²) in [6, 6.07) is 3.62. The zero-order valence-electron chi connectivity index (χ0n) is 5.94. The number of rotatable bonds is 2. The van der Waals surface area contributed by atoms with Gasteiger partial charge in [0.25, 0.3) is 0 Å². The molecule has 0 aromatic carbocycles. The van der Waals surface area contributed by atoms with Crippen LogP contribution in [0.1, 0.15) is 5.56 Å². The second-order valence-corrected chi connectivity index (χ2v) is 2.27. The van der Waals surface area contributed by atoms with Crippen molar-refractivity contribution in [3.05, 3.63) is 24.0 Å². The number of pyridine rings is 1. The van der Waals surface area contributed by atoms with Crippen LogP contribution in [-0.2, 0) is 0 Å². The van der Waals surface area contributed by atoms with Gasteiger partial charge in [0.05, 0.1) is 23.8 Å². The van der Waals surface area contributed by atoms with Gasteiger partial charge in [0, 0.05) is 18.5 Å². The molecule has 0 amide bonds. The minimum atomic E-state index is 0.511. The summed E-state index contributed by atoms with van der Waals surface area (Å²) in [5.74, 6) is 0.608. The van der Waals surface area contributed by atoms with E-state index in [2.05, 4.69) is 4.98 Å². The molecule has 0 bridgehead atoms. The van der Waals surface area contributed by atoms with Gasteiger partial charge in [-0.25, -0.2) is 0 Å². The summed E-state index contributed by atoms with van der Waals surface area (Å²) in [6.07, 6.45) is 4.86. The van der Waals surface area contributed by atoms with Crippen LogP contribution in [0.4, 0.5) is 0 Å². The van der Waals surface area contributed by atoms with Crippen LogP contribution in [0.2, 0.25) is 0 Å². The van der Waals surface area contributed by atoms with E-state index in [1.165, 1.54) is 18.2 Å². The molecule has 0 aliphatic carbocycles. The lowest BCUT2D eigenvalue weighted by Crippen LogP contribution is -1.82. The molecule has 4 heteroatoms. The fourth-order valence-corrected chi connectivity index (χ4v) is 0.905. The van der Waals surface area contributed by atoms with Crippen molar-refractivity contribution in [3.8, 4) is 11.8 Å². The van der Waals surface area contributed by atoms with E-state index in [4.69, 9.17) is 9.44 Å². The Hall–Kier alpha value is -1.21. The van der Waals surface area contributed by atoms with Crippen molar-refractivity contribution in [1.29, 1.82) is 5.26 Å². The smallest absolute Gasteiger partial charge is 0.156 e. The molecule has 0 saturated heterocycles. The van der Waals surface area contributed by atoms with Crippen LogP contribution in [0, 0.1) is 11.3 Å². The van der Waals surface area contributed by atoms with E-state index in [0.29, 0.717) is 11.3 Å². The minimum Gasteiger partial charge on any atom is -0.424 e. The Morgan fingerprint density at radius 1 is 1.64 bits per heavy atom. The van der Waals surface area contributed by atoms with Crippen LogP contribution in [0.5, 0.6) is 5.75 Å². The number of aromatic nitrogens is 1. The molecule has 0 aliphatic heterocycles. The molecule has 0 radical (unpaired) electrons. The van der Waals surface area contributed by atoms with Gasteiger partial charge in [-0.05, 0) is 0 Å². The van der Waals surface area contributed by atoms with Gasteiger partial charge >= 0.3 is 0 Å². The molecule has 1 rings (SSSR count). The molecule has 0 N–H and O–H groups in total. The quantitative estimate of drug-likeness (QED) is 0.626. The average Bonchev–Trinajstić information content (AvgIpc) is 2.06. The lowest BCUT2D eigenvalue weighted by Gasteiger charge is -1.98. The number of hydrogen-bond acceptors (Lipinski definition) is 4. The molecular weight excluding hydrogens is 160 g/mol. The van der Waals surface area contributed by atoms with E-state index in [-0.39, 0.29) is 0 Å². The van der Waals surface area contributed by atoms with Gasteiger partial charge in [0.1, 0.15) is 6.07 Å². The molecule has 0 fully saturated rings. The van der Waals surface area contributed by atoms with Gasteiger partial charge < -0.3 is 4.18 Å². The molecule has 1 aromatic heterocycles. The van der Waals surface area contributed by atoms with E-state index in [0.717, 1.165) is 0 Å². The van der Waals surface area contributed by atoms with Crippen LogP contribution < -0.4 is 4.18 Å². The first-order chi connectivity index (χ1) is 5.36. The number of nitriles is 1. The highest BCUT2D eigenvalue weighted by atomic mass is 32.2. The SMILES string of the molecule is CSOc1cncc(C#N)c1. The van der Waals surface area contributed by atoms with E-state index >= 15 is 0 Å². The Balaban J connectivity index is 2.85. The molecule has 1 aromatic rings. The highest BCUT2D eigenvalue weighted by Gasteiger charge is 1.94. The molecule has 0 saturated carbocycles. The summed E-state index contributed by atoms with van der Waals surface area (Å²) in [5.41, 5.74) is 0.511. The molecule has 56 valence electrons. The maximum atomic E-state index is 8.48. The topological polar surface area (TPSA) is 45.9 Å². The third kappa shape index (κ3) is 2.13. The fourth-order valence-electron chi connectivity index (χ4n) is 0.622. The van der Waals surface area contributed by atoms with Crippen LogP contribution in [0.25, 0.3) is 0 Å². The van der Waals surface area contributed by atoms with Gasteiger partial charge in [-0.1, -0.05) is 0 Å². The first kappa shape index (κ1) is 7.89. The highest BCUT2D eigenvalue weighted by Crippen LogP contribution is 2.13. The Bertz CT molecular complexity index is 282. The summed E-state index contributed by atoms with van der Waals surface area (Å²) < 4.78 is 5.05. The van der Waals surface area contributed by atoms with Crippen molar-refractivity contribution in [3.63, 3.8) is 0 Å². The standard InChI is InChI=1S/C7H6N2OS/c1-11-10-7-2-6(3-8)4-9-5-7/h2,4-5H,1H3. The first-order valence-electron chi connectivity index (χ1n) is 2.92. The summed E-state index contributed by atoms with van der Waals surface area (Å²) in [5, 5.41) is 8.48. The van der Waals surface area contributed by atoms with Crippen LogP contribution >= 0.6 is 12.0 Å². The minimum absolute atomic E-state index is 0.511. The van der Waals surface area contributed by atoms with Gasteiger partial charge in [-0.15, -0.1) is 0 Å². The van der Waals surface area contributed by atoms with Crippen LogP contribution in [0.15, 0.2) is 18.5 Å². The van der Waals surface area contributed by atoms with Crippen molar-refractivity contribution >= 4 is 12.0 Å². The predicted octanol–water partition coefficient (Wildman–Crippen LogP) is 1.61. The Morgan fingerprint density at radius 2 is 2.45 bits per heavy atom. The van der Waals surface area contributed by atoms with Crippen molar-refractivity contribution in [2.75, 3.05) is 6.26 Å². The fraction of sp³-hybridized carbons (Fsp3) is 0.143. The molecule has 0 unspecified atom stereocenters. The van der Waals surface area contributed by atoms with Gasteiger partial charge in [0.2, 0.25) is 0 Å². The van der Waals surface area contributed by atoms with E-state index in [1.807, 2.05) is 6.07 Å². The molecule has 11 heavy (non-hydrogen) atoms. The van der Waals surface area contributed by atoms with Gasteiger partial charge in [-0.3, -0.25) is 4.98 Å². The summed E-state index contributed by atoms with van der Waals surface area (Å²) in [6.45, 7) is 0. The number of hydrogen-bond donors (Lipinski definition) is 0. The molecule has 0 spiro atoms. The second-order valence-electron chi connectivity index (χ2n) is 1.77. The van der Waals surface area contributed by atoms with Crippen LogP contribution in [0.3, 0.4) is 0 Å². The largest absolute Gasteiger partial charge is 0.424 e. The van der Waals surface area contributed by atoms with Crippen molar-refractivity contribution in [2.45, 2.75) is 0 Å². The number of nitrogens with zero attached hydrogens (tertiary/aromatic N) is 2.